The summed E-state index contributed by atoms with van der Waals surface area (Å²) in [7, 11) is 1.82. The summed E-state index contributed by atoms with van der Waals surface area (Å²) in [5.74, 6) is 0.398. The summed E-state index contributed by atoms with van der Waals surface area (Å²) in [6.07, 6.45) is 2.74. The molecule has 144 valence electrons. The summed E-state index contributed by atoms with van der Waals surface area (Å²) < 4.78 is 0. The van der Waals surface area contributed by atoms with Gasteiger partial charge in [0.25, 0.3) is 0 Å². The van der Waals surface area contributed by atoms with Gasteiger partial charge in [-0.15, -0.1) is 11.3 Å². The molecule has 6 nitrogen and oxygen atoms in total. The van der Waals surface area contributed by atoms with E-state index in [2.05, 4.69) is 23.8 Å². The molecule has 2 amide bonds. The molecule has 1 aliphatic rings. The fourth-order valence-corrected chi connectivity index (χ4v) is 4.08. The smallest absolute Gasteiger partial charge is 0.227 e. The number of carbonyl (C=O) groups excluding carboxylic acids is 2. The number of piperidine rings is 1. The summed E-state index contributed by atoms with van der Waals surface area (Å²) in [6.45, 7) is 5.65. The van der Waals surface area contributed by atoms with Crippen molar-refractivity contribution >= 4 is 23.2 Å². The zero-order valence-corrected chi connectivity index (χ0v) is 16.9. The lowest BCUT2D eigenvalue weighted by Gasteiger charge is -2.33. The van der Waals surface area contributed by atoms with Crippen molar-refractivity contribution < 1.29 is 9.59 Å². The molecule has 0 radical (unpaired) electrons. The van der Waals surface area contributed by atoms with Crippen LogP contribution >= 0.6 is 11.3 Å². The van der Waals surface area contributed by atoms with E-state index in [0.717, 1.165) is 16.4 Å². The molecular formula is C20H26N4O2S. The maximum absolute atomic E-state index is 12.9. The van der Waals surface area contributed by atoms with Gasteiger partial charge >= 0.3 is 0 Å². The third-order valence-electron chi connectivity index (χ3n) is 4.77. The molecule has 0 aliphatic carbocycles. The summed E-state index contributed by atoms with van der Waals surface area (Å²) in [4.78, 5) is 37.5. The van der Waals surface area contributed by atoms with E-state index < -0.39 is 0 Å². The van der Waals surface area contributed by atoms with Crippen LogP contribution < -0.4 is 0 Å². The second-order valence-corrected chi connectivity index (χ2v) is 8.25. The highest BCUT2D eigenvalue weighted by atomic mass is 32.1. The van der Waals surface area contributed by atoms with E-state index in [1.165, 1.54) is 0 Å². The highest BCUT2D eigenvalue weighted by Gasteiger charge is 2.32. The number of likely N-dealkylation sites (tertiary alicyclic amines) is 1. The molecule has 3 rings (SSSR count). The molecule has 0 spiro atoms. The highest BCUT2D eigenvalue weighted by Crippen LogP contribution is 2.23. The maximum atomic E-state index is 12.9. The monoisotopic (exact) mass is 386 g/mol. The number of hydrogen-bond donors (Lipinski definition) is 0. The van der Waals surface area contributed by atoms with Crippen molar-refractivity contribution in [3.8, 4) is 0 Å². The first-order chi connectivity index (χ1) is 12.9. The molecule has 1 fully saturated rings. The minimum Gasteiger partial charge on any atom is -0.340 e. The summed E-state index contributed by atoms with van der Waals surface area (Å²) in [5, 5.41) is 3.12. The number of pyridine rings is 1. The molecule has 2 aromatic rings. The van der Waals surface area contributed by atoms with Gasteiger partial charge in [0.2, 0.25) is 11.8 Å². The number of nitrogens with zero attached hydrogens (tertiary/aromatic N) is 4. The Balaban J connectivity index is 1.60. The van der Waals surface area contributed by atoms with Gasteiger partial charge in [-0.05, 0) is 18.6 Å². The Labute approximate surface area is 164 Å². The van der Waals surface area contributed by atoms with Gasteiger partial charge in [0, 0.05) is 37.5 Å². The molecule has 0 bridgehead atoms. The Hall–Kier alpha value is -2.28. The molecule has 3 heterocycles. The molecule has 27 heavy (non-hydrogen) atoms. The SMILES string of the molecule is CC(C)c1nc(CN(C)C(=O)[C@H]2CCC(=O)N(Cc3ccccn3)C2)cs1. The molecule has 0 N–H and O–H groups in total. The fourth-order valence-electron chi connectivity index (χ4n) is 3.25. The van der Waals surface area contributed by atoms with E-state index in [-0.39, 0.29) is 17.7 Å². The fraction of sp³-hybridized carbons (Fsp3) is 0.500. The van der Waals surface area contributed by atoms with Gasteiger partial charge < -0.3 is 9.80 Å². The average Bonchev–Trinajstić information content (AvgIpc) is 3.12. The van der Waals surface area contributed by atoms with E-state index in [4.69, 9.17) is 0 Å². The summed E-state index contributed by atoms with van der Waals surface area (Å²) in [5.41, 5.74) is 1.77. The molecule has 2 aromatic heterocycles. The first-order valence-corrected chi connectivity index (χ1v) is 10.2. The first-order valence-electron chi connectivity index (χ1n) is 9.31. The van der Waals surface area contributed by atoms with Crippen LogP contribution in [0, 0.1) is 5.92 Å². The molecule has 0 aromatic carbocycles. The highest BCUT2D eigenvalue weighted by molar-refractivity contribution is 7.09. The van der Waals surface area contributed by atoms with Crippen molar-refractivity contribution in [2.75, 3.05) is 13.6 Å². The third-order valence-corrected chi connectivity index (χ3v) is 5.96. The Morgan fingerprint density at radius 3 is 2.85 bits per heavy atom. The quantitative estimate of drug-likeness (QED) is 0.765. The van der Waals surface area contributed by atoms with Crippen molar-refractivity contribution in [2.24, 2.45) is 5.92 Å². The number of amides is 2. The van der Waals surface area contributed by atoms with Crippen LogP contribution in [0.2, 0.25) is 0 Å². The normalized spacial score (nSPS) is 17.4. The standard InChI is InChI=1S/C20H26N4O2S/c1-14(2)19-22-17(13-27-19)11-23(3)20(26)15-7-8-18(25)24(10-15)12-16-6-4-5-9-21-16/h4-6,9,13-15H,7-8,10-12H2,1-3H3/t15-/m0/s1. The van der Waals surface area contributed by atoms with Crippen LogP contribution in [-0.4, -0.2) is 45.2 Å². The number of hydrogen-bond acceptors (Lipinski definition) is 5. The number of rotatable bonds is 6. The van der Waals surface area contributed by atoms with Gasteiger partial charge in [0.1, 0.15) is 0 Å². The molecule has 1 atom stereocenters. The lowest BCUT2D eigenvalue weighted by Crippen LogP contribution is -2.45. The van der Waals surface area contributed by atoms with E-state index in [1.54, 1.807) is 27.3 Å². The molecule has 1 aliphatic heterocycles. The zero-order chi connectivity index (χ0) is 19.4. The molecule has 0 saturated carbocycles. The van der Waals surface area contributed by atoms with Crippen molar-refractivity contribution in [2.45, 2.75) is 45.7 Å². The van der Waals surface area contributed by atoms with Crippen molar-refractivity contribution in [1.82, 2.24) is 19.8 Å². The molecule has 7 heteroatoms. The topological polar surface area (TPSA) is 66.4 Å². The van der Waals surface area contributed by atoms with Crippen LogP contribution in [0.4, 0.5) is 0 Å². The van der Waals surface area contributed by atoms with E-state index in [1.807, 2.05) is 30.6 Å². The van der Waals surface area contributed by atoms with Crippen LogP contribution in [0.1, 0.15) is 49.0 Å². The van der Waals surface area contributed by atoms with Crippen molar-refractivity contribution in [3.05, 3.63) is 46.2 Å². The predicted octanol–water partition coefficient (Wildman–Crippen LogP) is 3.06. The lowest BCUT2D eigenvalue weighted by atomic mass is 9.96. The van der Waals surface area contributed by atoms with Gasteiger partial charge in [0.05, 0.1) is 35.4 Å². The average molecular weight is 387 g/mol. The number of aromatic nitrogens is 2. The minimum atomic E-state index is -0.167. The van der Waals surface area contributed by atoms with Gasteiger partial charge in [0.15, 0.2) is 0 Å². The Bertz CT molecular complexity index is 790. The van der Waals surface area contributed by atoms with Crippen LogP contribution in [0.15, 0.2) is 29.8 Å². The second-order valence-electron chi connectivity index (χ2n) is 7.36. The number of carbonyl (C=O) groups is 2. The first kappa shape index (κ1) is 19.5. The third kappa shape index (κ3) is 4.91. The number of thiazole rings is 1. The zero-order valence-electron chi connectivity index (χ0n) is 16.1. The lowest BCUT2D eigenvalue weighted by molar-refractivity contribution is -0.143. The largest absolute Gasteiger partial charge is 0.340 e. The van der Waals surface area contributed by atoms with Crippen LogP contribution in [0.3, 0.4) is 0 Å². The van der Waals surface area contributed by atoms with Gasteiger partial charge in [-0.1, -0.05) is 19.9 Å². The van der Waals surface area contributed by atoms with Crippen LogP contribution in [0.25, 0.3) is 0 Å². The van der Waals surface area contributed by atoms with Crippen molar-refractivity contribution in [3.63, 3.8) is 0 Å². The Morgan fingerprint density at radius 2 is 2.19 bits per heavy atom. The molecule has 1 saturated heterocycles. The molecular weight excluding hydrogens is 360 g/mol. The molecule has 0 unspecified atom stereocenters. The van der Waals surface area contributed by atoms with Crippen molar-refractivity contribution in [1.29, 1.82) is 0 Å². The maximum Gasteiger partial charge on any atom is 0.227 e. The minimum absolute atomic E-state index is 0.0765. The van der Waals surface area contributed by atoms with E-state index >= 15 is 0 Å². The van der Waals surface area contributed by atoms with Crippen LogP contribution in [-0.2, 0) is 22.7 Å². The van der Waals surface area contributed by atoms with Gasteiger partial charge in [-0.3, -0.25) is 14.6 Å². The Kier molecular flexibility index (Phi) is 6.21. The summed E-state index contributed by atoms with van der Waals surface area (Å²) in [6, 6.07) is 5.66. The second kappa shape index (κ2) is 8.61. The Morgan fingerprint density at radius 1 is 1.37 bits per heavy atom. The van der Waals surface area contributed by atoms with E-state index in [0.29, 0.717) is 38.4 Å². The van der Waals surface area contributed by atoms with E-state index in [9.17, 15) is 9.59 Å². The predicted molar refractivity (Wildman–Crippen MR) is 105 cm³/mol. The van der Waals surface area contributed by atoms with Crippen LogP contribution in [0.5, 0.6) is 0 Å². The summed E-state index contributed by atoms with van der Waals surface area (Å²) >= 11 is 1.64. The van der Waals surface area contributed by atoms with Gasteiger partial charge in [-0.25, -0.2) is 4.98 Å². The van der Waals surface area contributed by atoms with Gasteiger partial charge in [-0.2, -0.15) is 0 Å².